The molecular formula is C33H37N3O7. The molecule has 0 unspecified atom stereocenters. The van der Waals surface area contributed by atoms with E-state index in [9.17, 15) is 19.5 Å². The monoisotopic (exact) mass is 587 g/mol. The first-order chi connectivity index (χ1) is 20.9. The third-order valence-corrected chi connectivity index (χ3v) is 7.03. The van der Waals surface area contributed by atoms with E-state index in [-0.39, 0.29) is 36.7 Å². The molecule has 10 nitrogen and oxygen atoms in total. The largest absolute Gasteiger partial charge is 0.465 e. The summed E-state index contributed by atoms with van der Waals surface area (Å²) in [5.41, 5.74) is 9.99. The molecule has 0 aromatic heterocycles. The van der Waals surface area contributed by atoms with Crippen molar-refractivity contribution in [3.05, 3.63) is 107 Å². The van der Waals surface area contributed by atoms with E-state index >= 15 is 0 Å². The molecule has 0 saturated heterocycles. The van der Waals surface area contributed by atoms with Crippen molar-refractivity contribution in [1.29, 1.82) is 0 Å². The maximum Gasteiger partial charge on any atom is 0.337 e. The number of methoxy groups -OCH3 is 1. The quantitative estimate of drug-likeness (QED) is 0.131. The Labute approximate surface area is 250 Å². The molecule has 2 atom stereocenters. The number of para-hydroxylation sites is 2. The third-order valence-electron chi connectivity index (χ3n) is 7.03. The second kappa shape index (κ2) is 15.5. The Bertz CT molecular complexity index is 1420. The summed E-state index contributed by atoms with van der Waals surface area (Å²) in [6.07, 6.45) is 3.00. The summed E-state index contributed by atoms with van der Waals surface area (Å²) in [5.74, 6) is -1.000. The first kappa shape index (κ1) is 31.3. The van der Waals surface area contributed by atoms with E-state index in [4.69, 9.17) is 19.9 Å². The Balaban J connectivity index is 1.34. The minimum atomic E-state index is -0.692. The lowest BCUT2D eigenvalue weighted by atomic mass is 9.92. The van der Waals surface area contributed by atoms with Crippen molar-refractivity contribution in [2.75, 3.05) is 24.7 Å². The van der Waals surface area contributed by atoms with Crippen LogP contribution in [0.25, 0.3) is 0 Å². The summed E-state index contributed by atoms with van der Waals surface area (Å²) >= 11 is 0. The third kappa shape index (κ3) is 9.16. The van der Waals surface area contributed by atoms with Crippen LogP contribution < -0.4 is 16.4 Å². The van der Waals surface area contributed by atoms with Crippen LogP contribution >= 0.6 is 0 Å². The second-order valence-corrected chi connectivity index (χ2v) is 10.2. The van der Waals surface area contributed by atoms with Crippen molar-refractivity contribution >= 4 is 29.2 Å². The van der Waals surface area contributed by atoms with E-state index in [0.29, 0.717) is 49.2 Å². The fourth-order valence-corrected chi connectivity index (χ4v) is 4.59. The number of aliphatic hydroxyl groups is 1. The number of hydrogen-bond acceptors (Lipinski definition) is 8. The Morgan fingerprint density at radius 3 is 2.40 bits per heavy atom. The summed E-state index contributed by atoms with van der Waals surface area (Å²) in [4.78, 5) is 37.2. The second-order valence-electron chi connectivity index (χ2n) is 10.2. The highest BCUT2D eigenvalue weighted by Crippen LogP contribution is 2.32. The van der Waals surface area contributed by atoms with E-state index in [2.05, 4.69) is 10.6 Å². The van der Waals surface area contributed by atoms with Gasteiger partial charge in [0, 0.05) is 25.3 Å². The lowest BCUT2D eigenvalue weighted by Crippen LogP contribution is -2.33. The van der Waals surface area contributed by atoms with Crippen LogP contribution in [0.2, 0.25) is 0 Å². The molecule has 5 N–H and O–H groups in total. The molecule has 226 valence electrons. The van der Waals surface area contributed by atoms with Crippen molar-refractivity contribution in [3.63, 3.8) is 0 Å². The molecule has 10 heteroatoms. The number of carbonyl (C=O) groups excluding carboxylic acids is 3. The maximum absolute atomic E-state index is 13.1. The van der Waals surface area contributed by atoms with Gasteiger partial charge in [-0.15, -0.1) is 0 Å². The average molecular weight is 588 g/mol. The van der Waals surface area contributed by atoms with Crippen LogP contribution in [-0.2, 0) is 37.0 Å². The minimum absolute atomic E-state index is 0.0391. The number of anilines is 2. The number of benzene rings is 3. The smallest absolute Gasteiger partial charge is 0.337 e. The predicted molar refractivity (Wildman–Crippen MR) is 162 cm³/mol. The number of amides is 2. The molecule has 3 aromatic rings. The predicted octanol–water partition coefficient (Wildman–Crippen LogP) is 4.40. The number of esters is 1. The number of nitrogen functional groups attached to an aromatic ring is 1. The van der Waals surface area contributed by atoms with Gasteiger partial charge in [0.2, 0.25) is 12.2 Å². The number of aliphatic hydroxyl groups excluding tert-OH is 1. The van der Waals surface area contributed by atoms with Gasteiger partial charge in [0.25, 0.3) is 5.91 Å². The molecule has 4 rings (SSSR count). The number of rotatable bonds is 13. The summed E-state index contributed by atoms with van der Waals surface area (Å²) in [5, 5.41) is 14.9. The molecule has 43 heavy (non-hydrogen) atoms. The summed E-state index contributed by atoms with van der Waals surface area (Å²) in [6.45, 7) is 0.583. The number of hydrogen-bond donors (Lipinski definition) is 4. The van der Waals surface area contributed by atoms with Gasteiger partial charge in [-0.3, -0.25) is 9.59 Å². The van der Waals surface area contributed by atoms with Crippen LogP contribution in [0.15, 0.2) is 84.6 Å². The zero-order valence-electron chi connectivity index (χ0n) is 24.1. The minimum Gasteiger partial charge on any atom is -0.465 e. The molecular weight excluding hydrogens is 550 g/mol. The van der Waals surface area contributed by atoms with Crippen molar-refractivity contribution < 1.29 is 33.7 Å². The zero-order valence-corrected chi connectivity index (χ0v) is 24.1. The first-order valence-electron chi connectivity index (χ1n) is 14.2. The molecule has 3 aromatic carbocycles. The number of carbonyl (C=O) groups is 3. The first-order valence-corrected chi connectivity index (χ1v) is 14.2. The zero-order chi connectivity index (χ0) is 30.6. The van der Waals surface area contributed by atoms with E-state index in [0.717, 1.165) is 16.7 Å². The number of ether oxygens (including phenoxy) is 3. The molecule has 0 radical (unpaired) electrons. The molecule has 1 heterocycles. The molecule has 1 aliphatic rings. The van der Waals surface area contributed by atoms with E-state index in [1.54, 1.807) is 42.5 Å². The summed E-state index contributed by atoms with van der Waals surface area (Å²) in [6, 6.07) is 21.5. The van der Waals surface area contributed by atoms with Crippen molar-refractivity contribution in [2.45, 2.75) is 51.1 Å². The highest BCUT2D eigenvalue weighted by Gasteiger charge is 2.29. The Hall–Kier alpha value is -4.67. The lowest BCUT2D eigenvalue weighted by molar-refractivity contribution is -0.150. The molecule has 2 amide bonds. The normalized spacial score (nSPS) is 16.0. The number of allylic oxidation sites excluding steroid dienone is 1. The van der Waals surface area contributed by atoms with Crippen molar-refractivity contribution in [2.24, 2.45) is 0 Å². The fraction of sp³-hybridized carbons (Fsp3) is 0.303. The summed E-state index contributed by atoms with van der Waals surface area (Å²) in [7, 11) is 1.33. The number of nitrogens with two attached hydrogens (primary N) is 1. The number of unbranched alkanes of at least 4 members (excludes halogenated alkanes) is 1. The van der Waals surface area contributed by atoms with E-state index in [1.165, 1.54) is 7.11 Å². The van der Waals surface area contributed by atoms with Crippen LogP contribution in [0.1, 0.15) is 58.6 Å². The number of nitrogens with one attached hydrogen (secondary N) is 2. The fourth-order valence-electron chi connectivity index (χ4n) is 4.59. The van der Waals surface area contributed by atoms with Gasteiger partial charge in [-0.1, -0.05) is 48.5 Å². The van der Waals surface area contributed by atoms with Crippen molar-refractivity contribution in [1.82, 2.24) is 5.32 Å². The van der Waals surface area contributed by atoms with Gasteiger partial charge >= 0.3 is 5.97 Å². The summed E-state index contributed by atoms with van der Waals surface area (Å²) < 4.78 is 16.8. The van der Waals surface area contributed by atoms with Gasteiger partial charge in [0.05, 0.1) is 37.3 Å². The van der Waals surface area contributed by atoms with E-state index < -0.39 is 12.3 Å². The molecule has 0 bridgehead atoms. The lowest BCUT2D eigenvalue weighted by Gasteiger charge is -2.29. The van der Waals surface area contributed by atoms with Crippen LogP contribution in [0, 0.1) is 0 Å². The van der Waals surface area contributed by atoms with Crippen molar-refractivity contribution in [3.8, 4) is 0 Å². The molecule has 0 saturated carbocycles. The molecule has 0 aliphatic carbocycles. The molecule has 1 aliphatic heterocycles. The molecule has 0 fully saturated rings. The van der Waals surface area contributed by atoms with Gasteiger partial charge < -0.3 is 35.7 Å². The van der Waals surface area contributed by atoms with Gasteiger partial charge in [0.15, 0.2) is 5.76 Å². The van der Waals surface area contributed by atoms with Gasteiger partial charge in [0.1, 0.15) is 0 Å². The van der Waals surface area contributed by atoms with Gasteiger partial charge in [-0.25, -0.2) is 4.79 Å². The topological polar surface area (TPSA) is 149 Å². The van der Waals surface area contributed by atoms with E-state index in [1.807, 2.05) is 36.4 Å². The van der Waals surface area contributed by atoms with Crippen LogP contribution in [0.5, 0.6) is 0 Å². The van der Waals surface area contributed by atoms with Gasteiger partial charge in [-0.05, 0) is 59.9 Å². The van der Waals surface area contributed by atoms with Gasteiger partial charge in [-0.2, -0.15) is 0 Å². The highest BCUT2D eigenvalue weighted by molar-refractivity contribution is 5.94. The Morgan fingerprint density at radius 2 is 1.70 bits per heavy atom. The van der Waals surface area contributed by atoms with Crippen LogP contribution in [-0.4, -0.2) is 42.8 Å². The standard InChI is InChI=1S/C33H37N3O7/c1-41-33(40)25-15-13-24(14-16-25)26-18-29(43-31(19-26)42-21-23-11-9-22(20-37)10-12-23)32(39)35-17-5-4-8-30(38)36-28-7-3-2-6-27(28)34/h2-3,6-7,9-16,18,26,31,37H,4-5,8,17,19-21,34H2,1H3,(H,35,39)(H,36,38)/t26-,31+/m0/s1. The average Bonchev–Trinajstić information content (AvgIpc) is 3.04. The highest BCUT2D eigenvalue weighted by atomic mass is 16.7. The maximum atomic E-state index is 13.1. The SMILES string of the molecule is COC(=O)c1ccc([C@H]2C=C(C(=O)NCCCCC(=O)Nc3ccccc3N)O[C@@H](OCc3ccc(CO)cc3)C2)cc1. The van der Waals surface area contributed by atoms with Crippen LogP contribution in [0.3, 0.4) is 0 Å². The van der Waals surface area contributed by atoms with Crippen LogP contribution in [0.4, 0.5) is 11.4 Å². The molecule has 0 spiro atoms. The Kier molecular flexibility index (Phi) is 11.3. The Morgan fingerprint density at radius 1 is 0.977 bits per heavy atom.